The van der Waals surface area contributed by atoms with Crippen molar-refractivity contribution in [1.82, 2.24) is 15.2 Å². The Morgan fingerprint density at radius 1 is 1.12 bits per heavy atom. The average Bonchev–Trinajstić information content (AvgIpc) is 2.87. The number of likely N-dealkylation sites (tertiary alicyclic amines) is 1. The van der Waals surface area contributed by atoms with Crippen molar-refractivity contribution in [1.29, 1.82) is 0 Å². The largest absolute Gasteiger partial charge is 0.416 e. The van der Waals surface area contributed by atoms with Crippen LogP contribution >= 0.6 is 0 Å². The van der Waals surface area contributed by atoms with E-state index in [-0.39, 0.29) is 17.7 Å². The average molecular weight is 476 g/mol. The normalized spacial score (nSPS) is 19.0. The lowest BCUT2D eigenvalue weighted by Gasteiger charge is -2.42. The van der Waals surface area contributed by atoms with E-state index < -0.39 is 17.2 Å². The summed E-state index contributed by atoms with van der Waals surface area (Å²) >= 11 is 0. The van der Waals surface area contributed by atoms with Crippen LogP contribution in [-0.4, -0.2) is 48.0 Å². The minimum Gasteiger partial charge on any atom is -0.381 e. The van der Waals surface area contributed by atoms with E-state index in [1.807, 2.05) is 12.1 Å². The third-order valence-electron chi connectivity index (χ3n) is 6.84. The van der Waals surface area contributed by atoms with Gasteiger partial charge in [0.05, 0.1) is 11.0 Å². The number of carbonyl (C=O) groups excluding carboxylic acids is 2. The second-order valence-electron chi connectivity index (χ2n) is 8.92. The number of halogens is 3. The van der Waals surface area contributed by atoms with Crippen molar-refractivity contribution in [2.45, 2.75) is 43.8 Å². The molecule has 34 heavy (non-hydrogen) atoms. The number of nitrogens with zero attached hydrogens (tertiary/aromatic N) is 2. The van der Waals surface area contributed by atoms with Crippen molar-refractivity contribution in [2.24, 2.45) is 5.92 Å². The Balaban J connectivity index is 1.43. The molecular weight excluding hydrogens is 447 g/mol. The predicted molar refractivity (Wildman–Crippen MR) is 119 cm³/mol. The number of hydrogen-bond donors (Lipinski definition) is 1. The molecule has 0 spiro atoms. The summed E-state index contributed by atoms with van der Waals surface area (Å²) in [6, 6.07) is 8.79. The van der Waals surface area contributed by atoms with Gasteiger partial charge in [0.15, 0.2) is 0 Å². The molecule has 4 rings (SSSR count). The number of rotatable bonds is 5. The zero-order valence-corrected chi connectivity index (χ0v) is 18.8. The Morgan fingerprint density at radius 2 is 1.85 bits per heavy atom. The van der Waals surface area contributed by atoms with Crippen molar-refractivity contribution >= 4 is 11.8 Å². The quantitative estimate of drug-likeness (QED) is 0.716. The maximum atomic E-state index is 13.7. The number of piperidine rings is 1. The van der Waals surface area contributed by atoms with Gasteiger partial charge in [0.1, 0.15) is 0 Å². The van der Waals surface area contributed by atoms with Gasteiger partial charge in [0.25, 0.3) is 0 Å². The first-order valence-corrected chi connectivity index (χ1v) is 11.5. The Bertz CT molecular complexity index is 999. The van der Waals surface area contributed by atoms with Gasteiger partial charge in [0, 0.05) is 51.2 Å². The summed E-state index contributed by atoms with van der Waals surface area (Å²) in [7, 11) is 0. The highest BCUT2D eigenvalue weighted by Gasteiger charge is 2.46. The Kier molecular flexibility index (Phi) is 7.21. The first-order chi connectivity index (χ1) is 16.3. The molecule has 9 heteroatoms. The predicted octanol–water partition coefficient (Wildman–Crippen LogP) is 3.70. The molecule has 0 unspecified atom stereocenters. The van der Waals surface area contributed by atoms with E-state index in [2.05, 4.69) is 10.3 Å². The molecular formula is C25H28F3N3O3. The van der Waals surface area contributed by atoms with Crippen molar-refractivity contribution < 1.29 is 27.5 Å². The van der Waals surface area contributed by atoms with Crippen LogP contribution in [0, 0.1) is 5.92 Å². The van der Waals surface area contributed by atoms with Crippen LogP contribution in [0.25, 0.3) is 0 Å². The summed E-state index contributed by atoms with van der Waals surface area (Å²) in [5.41, 5.74) is -0.514. The summed E-state index contributed by atoms with van der Waals surface area (Å²) in [6.07, 6.45) is 0.579. The number of carbonyl (C=O) groups is 2. The topological polar surface area (TPSA) is 71.5 Å². The first-order valence-electron chi connectivity index (χ1n) is 11.5. The van der Waals surface area contributed by atoms with E-state index in [9.17, 15) is 22.8 Å². The van der Waals surface area contributed by atoms with Crippen molar-refractivity contribution in [2.75, 3.05) is 26.3 Å². The lowest BCUT2D eigenvalue weighted by Crippen LogP contribution is -2.53. The maximum Gasteiger partial charge on any atom is 0.416 e. The molecule has 2 aliphatic rings. The maximum absolute atomic E-state index is 13.7. The number of nitrogens with one attached hydrogen (secondary N) is 1. The fourth-order valence-corrected chi connectivity index (χ4v) is 4.82. The monoisotopic (exact) mass is 475 g/mol. The molecule has 3 heterocycles. The molecule has 0 aliphatic carbocycles. The van der Waals surface area contributed by atoms with Crippen LogP contribution in [0.1, 0.15) is 42.4 Å². The summed E-state index contributed by atoms with van der Waals surface area (Å²) in [5, 5.41) is 2.92. The van der Waals surface area contributed by atoms with Crippen molar-refractivity contribution in [3.63, 3.8) is 0 Å². The number of aromatic nitrogens is 1. The van der Waals surface area contributed by atoms with Gasteiger partial charge in [-0.25, -0.2) is 0 Å². The third kappa shape index (κ3) is 5.24. The van der Waals surface area contributed by atoms with E-state index in [1.54, 1.807) is 23.4 Å². The highest BCUT2D eigenvalue weighted by molar-refractivity contribution is 5.89. The zero-order valence-electron chi connectivity index (χ0n) is 18.8. The highest BCUT2D eigenvalue weighted by Crippen LogP contribution is 2.40. The van der Waals surface area contributed by atoms with Gasteiger partial charge < -0.3 is 15.0 Å². The summed E-state index contributed by atoms with van der Waals surface area (Å²) in [5.74, 6) is -0.445. The van der Waals surface area contributed by atoms with Crippen LogP contribution in [-0.2, 0) is 32.5 Å². The minimum absolute atomic E-state index is 0.0605. The molecule has 0 bridgehead atoms. The van der Waals surface area contributed by atoms with Crippen LogP contribution in [0.5, 0.6) is 0 Å². The SMILES string of the molecule is O=C(NCc1cccnc1)C1CCN(C(=O)C2(c3cccc(C(F)(F)F)c3)CCOCC2)CC1. The molecule has 2 amide bonds. The lowest BCUT2D eigenvalue weighted by molar-refractivity contribution is -0.144. The Morgan fingerprint density at radius 3 is 2.50 bits per heavy atom. The van der Waals surface area contributed by atoms with Gasteiger partial charge in [-0.2, -0.15) is 13.2 Å². The van der Waals surface area contributed by atoms with Crippen molar-refractivity contribution in [3.05, 3.63) is 65.5 Å². The van der Waals surface area contributed by atoms with E-state index in [0.717, 1.165) is 17.7 Å². The standard InChI is InChI=1S/C25H28F3N3O3/c26-25(27,28)21-5-1-4-20(15-21)24(8-13-34-14-9-24)23(33)31-11-6-19(7-12-31)22(32)30-17-18-3-2-10-29-16-18/h1-5,10,15-16,19H,6-9,11-14,17H2,(H,30,32). The zero-order chi connectivity index (χ0) is 24.2. The van der Waals surface area contributed by atoms with Crippen LogP contribution in [0.15, 0.2) is 48.8 Å². The van der Waals surface area contributed by atoms with Crippen LogP contribution in [0.4, 0.5) is 13.2 Å². The molecule has 6 nitrogen and oxygen atoms in total. The van der Waals surface area contributed by atoms with Crippen LogP contribution < -0.4 is 5.32 Å². The second-order valence-corrected chi connectivity index (χ2v) is 8.92. The highest BCUT2D eigenvalue weighted by atomic mass is 19.4. The molecule has 1 aromatic heterocycles. The second kappa shape index (κ2) is 10.1. The van der Waals surface area contributed by atoms with E-state index in [0.29, 0.717) is 64.1 Å². The molecule has 182 valence electrons. The molecule has 1 aromatic carbocycles. The molecule has 0 saturated carbocycles. The number of amides is 2. The fourth-order valence-electron chi connectivity index (χ4n) is 4.82. The van der Waals surface area contributed by atoms with Crippen LogP contribution in [0.3, 0.4) is 0 Å². The van der Waals surface area contributed by atoms with Gasteiger partial charge in [-0.15, -0.1) is 0 Å². The van der Waals surface area contributed by atoms with Gasteiger partial charge in [-0.3, -0.25) is 14.6 Å². The first kappa shape index (κ1) is 24.2. The molecule has 0 radical (unpaired) electrons. The number of alkyl halides is 3. The fraction of sp³-hybridized carbons (Fsp3) is 0.480. The molecule has 0 atom stereocenters. The van der Waals surface area contributed by atoms with E-state index in [4.69, 9.17) is 4.74 Å². The minimum atomic E-state index is -4.48. The van der Waals surface area contributed by atoms with E-state index in [1.165, 1.54) is 6.07 Å². The summed E-state index contributed by atoms with van der Waals surface area (Å²) in [4.78, 5) is 32.1. The molecule has 2 aromatic rings. The Labute approximate surface area is 196 Å². The third-order valence-corrected chi connectivity index (χ3v) is 6.84. The summed E-state index contributed by atoms with van der Waals surface area (Å²) in [6.45, 7) is 1.81. The number of ether oxygens (including phenoxy) is 1. The summed E-state index contributed by atoms with van der Waals surface area (Å²) < 4.78 is 45.5. The van der Waals surface area contributed by atoms with Gasteiger partial charge in [-0.05, 0) is 48.9 Å². The number of benzene rings is 1. The van der Waals surface area contributed by atoms with E-state index >= 15 is 0 Å². The number of pyridine rings is 1. The van der Waals surface area contributed by atoms with Gasteiger partial charge >= 0.3 is 6.18 Å². The molecule has 1 N–H and O–H groups in total. The van der Waals surface area contributed by atoms with Crippen LogP contribution in [0.2, 0.25) is 0 Å². The lowest BCUT2D eigenvalue weighted by atomic mass is 9.72. The molecule has 2 fully saturated rings. The van der Waals surface area contributed by atoms with Gasteiger partial charge in [-0.1, -0.05) is 24.3 Å². The molecule has 2 saturated heterocycles. The smallest absolute Gasteiger partial charge is 0.381 e. The molecule has 2 aliphatic heterocycles. The Hall–Kier alpha value is -2.94. The van der Waals surface area contributed by atoms with Gasteiger partial charge in [0.2, 0.25) is 11.8 Å². The number of hydrogen-bond acceptors (Lipinski definition) is 4. The van der Waals surface area contributed by atoms with Crippen molar-refractivity contribution in [3.8, 4) is 0 Å².